The van der Waals surface area contributed by atoms with Crippen LogP contribution >= 0.6 is 0 Å². The molecule has 0 aromatic heterocycles. The number of aliphatic hydroxyl groups excluding tert-OH is 1. The summed E-state index contributed by atoms with van der Waals surface area (Å²) in [7, 11) is 0. The first-order valence-corrected chi connectivity index (χ1v) is 14.4. The molecule has 0 radical (unpaired) electrons. The van der Waals surface area contributed by atoms with Crippen molar-refractivity contribution in [3.63, 3.8) is 0 Å². The molecule has 34 heavy (non-hydrogen) atoms. The van der Waals surface area contributed by atoms with Crippen molar-refractivity contribution in [2.45, 2.75) is 148 Å². The number of hydrogen-bond acceptors (Lipinski definition) is 5. The number of amides is 1. The Hall–Kier alpha value is -1.30. The molecule has 0 aliphatic carbocycles. The average Bonchev–Trinajstić information content (AvgIpc) is 2.84. The van der Waals surface area contributed by atoms with Gasteiger partial charge in [0.15, 0.2) is 6.04 Å². The van der Waals surface area contributed by atoms with E-state index >= 15 is 0 Å². The van der Waals surface area contributed by atoms with E-state index in [9.17, 15) is 14.7 Å². The van der Waals surface area contributed by atoms with Crippen LogP contribution in [-0.4, -0.2) is 43.0 Å². The lowest BCUT2D eigenvalue weighted by Gasteiger charge is -2.15. The maximum atomic E-state index is 12.1. The summed E-state index contributed by atoms with van der Waals surface area (Å²) in [5.74, 6) is -0.602. The molecule has 0 saturated carbocycles. The van der Waals surface area contributed by atoms with Gasteiger partial charge < -0.3 is 19.9 Å². The highest BCUT2D eigenvalue weighted by Crippen LogP contribution is 2.11. The smallest absolute Gasteiger partial charge is 0.407 e. The Kier molecular flexibility index (Phi) is 25.3. The summed E-state index contributed by atoms with van der Waals surface area (Å²) in [5.41, 5.74) is 0. The van der Waals surface area contributed by atoms with E-state index in [1.54, 1.807) is 0 Å². The maximum Gasteiger partial charge on any atom is 0.407 e. The van der Waals surface area contributed by atoms with Crippen LogP contribution in [0, 0.1) is 0 Å². The molecule has 6 nitrogen and oxygen atoms in total. The van der Waals surface area contributed by atoms with E-state index in [4.69, 9.17) is 9.47 Å². The van der Waals surface area contributed by atoms with Crippen molar-refractivity contribution in [3.8, 4) is 0 Å². The van der Waals surface area contributed by atoms with Gasteiger partial charge >= 0.3 is 12.1 Å². The summed E-state index contributed by atoms with van der Waals surface area (Å²) < 4.78 is 10.3. The Bertz CT molecular complexity index is 458. The molecule has 0 aromatic carbocycles. The molecule has 0 aliphatic heterocycles. The Labute approximate surface area is 209 Å². The van der Waals surface area contributed by atoms with Crippen molar-refractivity contribution < 1.29 is 24.2 Å². The number of carbonyl (C=O) groups is 2. The fraction of sp³-hybridized carbons (Fsp3) is 0.929. The van der Waals surface area contributed by atoms with Crippen LogP contribution in [0.1, 0.15) is 142 Å². The minimum Gasteiger partial charge on any atom is -0.464 e. The molecule has 2 N–H and O–H groups in total. The van der Waals surface area contributed by atoms with Gasteiger partial charge in [-0.2, -0.15) is 0 Å². The van der Waals surface area contributed by atoms with E-state index in [2.05, 4.69) is 19.2 Å². The van der Waals surface area contributed by atoms with Gasteiger partial charge in [0.2, 0.25) is 0 Å². The second kappa shape index (κ2) is 26.3. The van der Waals surface area contributed by atoms with Gasteiger partial charge in [0.25, 0.3) is 0 Å². The summed E-state index contributed by atoms with van der Waals surface area (Å²) in [5, 5.41) is 11.8. The third-order valence-electron chi connectivity index (χ3n) is 6.23. The van der Waals surface area contributed by atoms with Crippen LogP contribution in [0.4, 0.5) is 4.79 Å². The Balaban J connectivity index is 3.60. The van der Waals surface area contributed by atoms with Gasteiger partial charge in [-0.05, 0) is 12.8 Å². The van der Waals surface area contributed by atoms with Crippen molar-refractivity contribution in [2.24, 2.45) is 0 Å². The van der Waals surface area contributed by atoms with Gasteiger partial charge in [0.05, 0.1) is 19.8 Å². The lowest BCUT2D eigenvalue weighted by molar-refractivity contribution is -0.147. The quantitative estimate of drug-likeness (QED) is 0.104. The first kappa shape index (κ1) is 32.7. The summed E-state index contributed by atoms with van der Waals surface area (Å²) in [4.78, 5) is 24.0. The second-order valence-electron chi connectivity index (χ2n) is 9.55. The first-order valence-electron chi connectivity index (χ1n) is 14.4. The number of rotatable bonds is 25. The predicted molar refractivity (Wildman–Crippen MR) is 140 cm³/mol. The van der Waals surface area contributed by atoms with Crippen molar-refractivity contribution in [1.82, 2.24) is 5.32 Å². The number of alkyl carbamates (subject to hydrolysis) is 1. The Morgan fingerprint density at radius 3 is 1.32 bits per heavy atom. The molecule has 0 heterocycles. The summed E-state index contributed by atoms with van der Waals surface area (Å²) in [6.07, 6.45) is 23.6. The van der Waals surface area contributed by atoms with Gasteiger partial charge in [0.1, 0.15) is 0 Å². The van der Waals surface area contributed by atoms with Crippen LogP contribution in [0.25, 0.3) is 0 Å². The Morgan fingerprint density at radius 2 is 0.941 bits per heavy atom. The molecule has 0 bridgehead atoms. The predicted octanol–water partition coefficient (Wildman–Crippen LogP) is 7.46. The molecule has 0 aromatic rings. The van der Waals surface area contributed by atoms with Crippen molar-refractivity contribution in [1.29, 1.82) is 0 Å². The fourth-order valence-corrected chi connectivity index (χ4v) is 3.98. The molecule has 0 fully saturated rings. The summed E-state index contributed by atoms with van der Waals surface area (Å²) in [6, 6.07) is -1.07. The molecular weight excluding hydrogens is 430 g/mol. The van der Waals surface area contributed by atoms with Crippen molar-refractivity contribution >= 4 is 12.1 Å². The summed E-state index contributed by atoms with van der Waals surface area (Å²) >= 11 is 0. The van der Waals surface area contributed by atoms with E-state index < -0.39 is 24.7 Å². The number of hydrogen-bond donors (Lipinski definition) is 2. The van der Waals surface area contributed by atoms with E-state index in [0.29, 0.717) is 13.2 Å². The highest BCUT2D eigenvalue weighted by Gasteiger charge is 2.21. The molecule has 0 saturated heterocycles. The number of nitrogens with one attached hydrogen (secondary N) is 1. The molecule has 1 amide bonds. The van der Waals surface area contributed by atoms with Gasteiger partial charge in [-0.15, -0.1) is 0 Å². The minimum absolute atomic E-state index is 0.321. The van der Waals surface area contributed by atoms with Gasteiger partial charge in [0, 0.05) is 0 Å². The van der Waals surface area contributed by atoms with Gasteiger partial charge in [-0.25, -0.2) is 9.59 Å². The van der Waals surface area contributed by atoms with Crippen LogP contribution in [-0.2, 0) is 14.3 Å². The zero-order valence-electron chi connectivity index (χ0n) is 22.4. The molecule has 202 valence electrons. The maximum absolute atomic E-state index is 12.1. The summed E-state index contributed by atoms with van der Waals surface area (Å²) in [6.45, 7) is 4.62. The zero-order valence-corrected chi connectivity index (χ0v) is 22.4. The number of aliphatic hydroxyl groups is 1. The van der Waals surface area contributed by atoms with Gasteiger partial charge in [-0.1, -0.05) is 129 Å². The molecular formula is C28H55NO5. The molecule has 0 spiro atoms. The molecule has 1 atom stereocenters. The molecule has 0 rings (SSSR count). The molecule has 0 aliphatic rings. The third-order valence-corrected chi connectivity index (χ3v) is 6.23. The molecule has 1 unspecified atom stereocenters. The monoisotopic (exact) mass is 485 g/mol. The zero-order chi connectivity index (χ0) is 25.1. The van der Waals surface area contributed by atoms with Gasteiger partial charge in [-0.3, -0.25) is 0 Å². The van der Waals surface area contributed by atoms with E-state index in [1.165, 1.54) is 89.9 Å². The van der Waals surface area contributed by atoms with Crippen LogP contribution in [0.15, 0.2) is 0 Å². The number of ether oxygens (including phenoxy) is 2. The minimum atomic E-state index is -1.07. The standard InChI is InChI=1S/C28H55NO5/c1-3-5-7-9-11-13-15-17-19-21-23-33-27(31)26(25-30)29-28(32)34-24-22-20-18-16-14-12-10-8-6-4-2/h26,30H,3-25H2,1-2H3,(H,29,32). The third kappa shape index (κ3) is 22.5. The van der Waals surface area contributed by atoms with Crippen LogP contribution < -0.4 is 5.32 Å². The van der Waals surface area contributed by atoms with Crippen molar-refractivity contribution in [3.05, 3.63) is 0 Å². The number of unbranched alkanes of at least 4 members (excludes halogenated alkanes) is 18. The van der Waals surface area contributed by atoms with Crippen LogP contribution in [0.2, 0.25) is 0 Å². The first-order chi connectivity index (χ1) is 16.7. The van der Waals surface area contributed by atoms with E-state index in [-0.39, 0.29) is 0 Å². The normalized spacial score (nSPS) is 11.9. The largest absolute Gasteiger partial charge is 0.464 e. The lowest BCUT2D eigenvalue weighted by atomic mass is 10.1. The van der Waals surface area contributed by atoms with Crippen LogP contribution in [0.5, 0.6) is 0 Å². The van der Waals surface area contributed by atoms with E-state index in [1.807, 2.05) is 0 Å². The number of esters is 1. The second-order valence-corrected chi connectivity index (χ2v) is 9.55. The van der Waals surface area contributed by atoms with E-state index in [0.717, 1.165) is 38.5 Å². The lowest BCUT2D eigenvalue weighted by Crippen LogP contribution is -2.44. The molecule has 6 heteroatoms. The fourth-order valence-electron chi connectivity index (χ4n) is 3.98. The highest BCUT2D eigenvalue weighted by molar-refractivity contribution is 5.81. The SMILES string of the molecule is CCCCCCCCCCCCOC(=O)NC(CO)C(=O)OCCCCCCCCCCCC. The van der Waals surface area contributed by atoms with Crippen LogP contribution in [0.3, 0.4) is 0 Å². The Morgan fingerprint density at radius 1 is 0.588 bits per heavy atom. The van der Waals surface area contributed by atoms with Crippen molar-refractivity contribution in [2.75, 3.05) is 19.8 Å². The highest BCUT2D eigenvalue weighted by atomic mass is 16.6. The number of carbonyl (C=O) groups excluding carboxylic acids is 2. The average molecular weight is 486 g/mol. The topological polar surface area (TPSA) is 84.9 Å².